The van der Waals surface area contributed by atoms with Gasteiger partial charge in [0.1, 0.15) is 0 Å². The third kappa shape index (κ3) is 6.41. The third-order valence-corrected chi connectivity index (χ3v) is 3.85. The molecule has 0 radical (unpaired) electrons. The Morgan fingerprint density at radius 1 is 1.12 bits per heavy atom. The van der Waals surface area contributed by atoms with Gasteiger partial charge in [-0.05, 0) is 25.3 Å². The minimum atomic E-state index is -1.12. The Hall–Kier alpha value is -2.35. The minimum Gasteiger partial charge on any atom is -0.453 e. The molecule has 0 saturated heterocycles. The van der Waals surface area contributed by atoms with Gasteiger partial charge >= 0.3 is 12.0 Å². The number of ether oxygens (including phenoxy) is 1. The predicted octanol–water partition coefficient (Wildman–Crippen LogP) is 1.76. The average Bonchev–Trinajstić information content (AvgIpc) is 2.59. The second-order valence-electron chi connectivity index (χ2n) is 4.85. The van der Waals surface area contributed by atoms with Crippen LogP contribution in [0.25, 0.3) is 0 Å². The SMILES string of the molecule is CNC(=O)NC(=O)[C@H](C)OC(=O)CCC(=O)c1ccc(SC)cc1. The van der Waals surface area contributed by atoms with Crippen molar-refractivity contribution in [2.75, 3.05) is 13.3 Å². The van der Waals surface area contributed by atoms with Crippen LogP contribution in [-0.4, -0.2) is 43.1 Å². The van der Waals surface area contributed by atoms with Gasteiger partial charge < -0.3 is 10.1 Å². The van der Waals surface area contributed by atoms with Crippen molar-refractivity contribution >= 4 is 35.5 Å². The van der Waals surface area contributed by atoms with E-state index >= 15 is 0 Å². The van der Waals surface area contributed by atoms with Crippen LogP contribution < -0.4 is 10.6 Å². The molecule has 0 aliphatic rings. The molecule has 1 aromatic rings. The zero-order valence-corrected chi connectivity index (χ0v) is 14.6. The molecule has 24 heavy (non-hydrogen) atoms. The van der Waals surface area contributed by atoms with E-state index in [0.29, 0.717) is 5.56 Å². The van der Waals surface area contributed by atoms with Gasteiger partial charge in [0.15, 0.2) is 11.9 Å². The molecule has 0 fully saturated rings. The van der Waals surface area contributed by atoms with Crippen LogP contribution in [0, 0.1) is 0 Å². The molecule has 0 spiro atoms. The van der Waals surface area contributed by atoms with E-state index in [1.165, 1.54) is 14.0 Å². The van der Waals surface area contributed by atoms with Gasteiger partial charge in [0.05, 0.1) is 6.42 Å². The number of esters is 1. The largest absolute Gasteiger partial charge is 0.453 e. The number of imide groups is 1. The Labute approximate surface area is 144 Å². The van der Waals surface area contributed by atoms with Gasteiger partial charge in [0, 0.05) is 23.9 Å². The number of Topliss-reactive ketones (excluding diaryl/α,β-unsaturated/α-hetero) is 1. The van der Waals surface area contributed by atoms with Gasteiger partial charge in [0.2, 0.25) is 0 Å². The van der Waals surface area contributed by atoms with Crippen LogP contribution in [0.3, 0.4) is 0 Å². The standard InChI is InChI=1S/C16H20N2O5S/c1-10(15(21)18-16(22)17-2)23-14(20)9-8-13(19)11-4-6-12(24-3)7-5-11/h4-7,10H,8-9H2,1-3H3,(H2,17,18,21,22)/t10-/m0/s1. The molecule has 0 bridgehead atoms. The van der Waals surface area contributed by atoms with Crippen molar-refractivity contribution in [3.63, 3.8) is 0 Å². The number of nitrogens with one attached hydrogen (secondary N) is 2. The fourth-order valence-corrected chi connectivity index (χ4v) is 2.13. The van der Waals surface area contributed by atoms with E-state index in [2.05, 4.69) is 5.32 Å². The summed E-state index contributed by atoms with van der Waals surface area (Å²) in [7, 11) is 1.36. The van der Waals surface area contributed by atoms with Crippen molar-refractivity contribution in [3.05, 3.63) is 29.8 Å². The second kappa shape index (κ2) is 9.71. The van der Waals surface area contributed by atoms with Gasteiger partial charge in [-0.25, -0.2) is 4.79 Å². The molecular weight excluding hydrogens is 332 g/mol. The normalized spacial score (nSPS) is 11.3. The number of thioether (sulfide) groups is 1. The Bertz CT molecular complexity index is 615. The molecule has 0 unspecified atom stereocenters. The summed E-state index contributed by atoms with van der Waals surface area (Å²) in [5.41, 5.74) is 0.519. The number of carbonyl (C=O) groups excluding carboxylic acids is 4. The lowest BCUT2D eigenvalue weighted by molar-refractivity contribution is -0.154. The first-order valence-corrected chi connectivity index (χ1v) is 8.49. The maximum Gasteiger partial charge on any atom is 0.321 e. The number of urea groups is 1. The average molecular weight is 352 g/mol. The molecule has 8 heteroatoms. The summed E-state index contributed by atoms with van der Waals surface area (Å²) in [6, 6.07) is 6.40. The number of benzene rings is 1. The number of hydrogen-bond acceptors (Lipinski definition) is 6. The first-order valence-electron chi connectivity index (χ1n) is 7.26. The molecule has 0 aliphatic heterocycles. The van der Waals surface area contributed by atoms with Crippen LogP contribution in [0.1, 0.15) is 30.1 Å². The zero-order chi connectivity index (χ0) is 18.1. The van der Waals surface area contributed by atoms with Gasteiger partial charge in [-0.3, -0.25) is 19.7 Å². The van der Waals surface area contributed by atoms with Crippen LogP contribution in [-0.2, 0) is 14.3 Å². The van der Waals surface area contributed by atoms with Crippen LogP contribution in [0.4, 0.5) is 4.79 Å². The molecular formula is C16H20N2O5S. The van der Waals surface area contributed by atoms with Gasteiger partial charge in [-0.15, -0.1) is 11.8 Å². The van der Waals surface area contributed by atoms with Crippen molar-refractivity contribution in [2.24, 2.45) is 0 Å². The second-order valence-corrected chi connectivity index (χ2v) is 5.73. The van der Waals surface area contributed by atoms with E-state index in [4.69, 9.17) is 4.74 Å². The summed E-state index contributed by atoms with van der Waals surface area (Å²) in [4.78, 5) is 47.3. The Kier molecular flexibility index (Phi) is 7.97. The monoisotopic (exact) mass is 352 g/mol. The summed E-state index contributed by atoms with van der Waals surface area (Å²) in [6.45, 7) is 1.35. The Morgan fingerprint density at radius 3 is 2.29 bits per heavy atom. The summed E-state index contributed by atoms with van der Waals surface area (Å²) >= 11 is 1.57. The molecule has 3 amide bonds. The Balaban J connectivity index is 2.43. The molecule has 1 atom stereocenters. The van der Waals surface area contributed by atoms with E-state index in [-0.39, 0.29) is 18.6 Å². The highest BCUT2D eigenvalue weighted by atomic mass is 32.2. The van der Waals surface area contributed by atoms with Gasteiger partial charge in [-0.1, -0.05) is 12.1 Å². The third-order valence-electron chi connectivity index (χ3n) is 3.11. The molecule has 1 aromatic carbocycles. The van der Waals surface area contributed by atoms with Crippen molar-refractivity contribution in [3.8, 4) is 0 Å². The van der Waals surface area contributed by atoms with Crippen LogP contribution in [0.15, 0.2) is 29.2 Å². The lowest BCUT2D eigenvalue weighted by atomic mass is 10.1. The van der Waals surface area contributed by atoms with Crippen LogP contribution in [0.2, 0.25) is 0 Å². The quantitative estimate of drug-likeness (QED) is 0.440. The number of carbonyl (C=O) groups is 4. The topological polar surface area (TPSA) is 102 Å². The summed E-state index contributed by atoms with van der Waals surface area (Å²) < 4.78 is 4.89. The van der Waals surface area contributed by atoms with Gasteiger partial charge in [0.25, 0.3) is 5.91 Å². The minimum absolute atomic E-state index is 0.0127. The van der Waals surface area contributed by atoms with E-state index in [9.17, 15) is 19.2 Å². The first-order chi connectivity index (χ1) is 11.4. The number of ketones is 1. The zero-order valence-electron chi connectivity index (χ0n) is 13.8. The van der Waals surface area contributed by atoms with Crippen molar-refractivity contribution in [1.29, 1.82) is 0 Å². The maximum atomic E-state index is 12.0. The number of amides is 3. The smallest absolute Gasteiger partial charge is 0.321 e. The van der Waals surface area contributed by atoms with E-state index in [1.807, 2.05) is 23.7 Å². The molecule has 0 heterocycles. The highest BCUT2D eigenvalue weighted by Crippen LogP contribution is 2.16. The lowest BCUT2D eigenvalue weighted by Crippen LogP contribution is -2.43. The van der Waals surface area contributed by atoms with Gasteiger partial charge in [-0.2, -0.15) is 0 Å². The van der Waals surface area contributed by atoms with E-state index in [0.717, 1.165) is 4.90 Å². The highest BCUT2D eigenvalue weighted by molar-refractivity contribution is 7.98. The fraction of sp³-hybridized carbons (Fsp3) is 0.375. The predicted molar refractivity (Wildman–Crippen MR) is 89.9 cm³/mol. The van der Waals surface area contributed by atoms with E-state index in [1.54, 1.807) is 23.9 Å². The van der Waals surface area contributed by atoms with Crippen LogP contribution in [0.5, 0.6) is 0 Å². The van der Waals surface area contributed by atoms with Crippen molar-refractivity contribution in [2.45, 2.75) is 30.8 Å². The molecule has 0 saturated carbocycles. The number of hydrogen-bond donors (Lipinski definition) is 2. The number of rotatable bonds is 7. The van der Waals surface area contributed by atoms with Crippen molar-refractivity contribution in [1.82, 2.24) is 10.6 Å². The molecule has 1 rings (SSSR count). The summed E-state index contributed by atoms with van der Waals surface area (Å²) in [6.07, 6.45) is 0.668. The molecule has 2 N–H and O–H groups in total. The summed E-state index contributed by atoms with van der Waals surface area (Å²) in [5.74, 6) is -1.59. The molecule has 0 aromatic heterocycles. The Morgan fingerprint density at radius 2 is 1.75 bits per heavy atom. The molecule has 130 valence electrons. The maximum absolute atomic E-state index is 12.0. The lowest BCUT2D eigenvalue weighted by Gasteiger charge is -2.12. The summed E-state index contributed by atoms with van der Waals surface area (Å²) in [5, 5.41) is 4.21. The van der Waals surface area contributed by atoms with Crippen molar-refractivity contribution < 1.29 is 23.9 Å². The fourth-order valence-electron chi connectivity index (χ4n) is 1.72. The van der Waals surface area contributed by atoms with E-state index < -0.39 is 24.0 Å². The molecule has 7 nitrogen and oxygen atoms in total. The molecule has 0 aliphatic carbocycles. The first kappa shape index (κ1) is 19.7. The highest BCUT2D eigenvalue weighted by Gasteiger charge is 2.20. The van der Waals surface area contributed by atoms with Crippen LogP contribution >= 0.6 is 11.8 Å².